The lowest BCUT2D eigenvalue weighted by molar-refractivity contribution is -0.125. The number of aromatic nitrogens is 1. The van der Waals surface area contributed by atoms with E-state index in [1.165, 1.54) is 0 Å². The lowest BCUT2D eigenvalue weighted by Crippen LogP contribution is -2.30. The lowest BCUT2D eigenvalue weighted by Gasteiger charge is -2.14. The largest absolute Gasteiger partial charge is 0.493 e. The van der Waals surface area contributed by atoms with Gasteiger partial charge in [-0.25, -0.2) is 4.98 Å². The highest BCUT2D eigenvalue weighted by Crippen LogP contribution is 2.31. The minimum atomic E-state index is -0.0692. The zero-order chi connectivity index (χ0) is 16.8. The number of hydrogen-bond acceptors (Lipinski definition) is 5. The second-order valence-electron chi connectivity index (χ2n) is 5.50. The van der Waals surface area contributed by atoms with Crippen LogP contribution < -0.4 is 14.8 Å². The predicted octanol–water partition coefficient (Wildman–Crippen LogP) is 2.54. The first-order valence-corrected chi connectivity index (χ1v) is 7.88. The number of methoxy groups -OCH3 is 1. The normalized spacial score (nSPS) is 16.6. The Morgan fingerprint density at radius 3 is 2.88 bits per heavy atom. The quantitative estimate of drug-likeness (QED) is 0.882. The molecule has 2 aromatic rings. The van der Waals surface area contributed by atoms with Crippen molar-refractivity contribution in [3.63, 3.8) is 0 Å². The van der Waals surface area contributed by atoms with E-state index >= 15 is 0 Å². The fraction of sp³-hybridized carbons (Fsp3) is 0.333. The van der Waals surface area contributed by atoms with Gasteiger partial charge in [0.25, 0.3) is 0 Å². The number of nitrogens with zero attached hydrogens (tertiary/aromatic N) is 1. The maximum Gasteiger partial charge on any atom is 0.225 e. The van der Waals surface area contributed by atoms with Crippen molar-refractivity contribution in [1.82, 2.24) is 10.3 Å². The molecule has 1 aliphatic rings. The van der Waals surface area contributed by atoms with E-state index in [9.17, 15) is 4.79 Å². The first kappa shape index (κ1) is 16.3. The standard InChI is InChI=1S/C18H20N2O4/c1-22-15-6-2-3-7-16(15)24-18-13(5-4-9-19-18)11-20-17(21)14-8-10-23-12-14/h2-7,9,14H,8,10-12H2,1H3,(H,20,21)/t14-/m1/s1. The summed E-state index contributed by atoms with van der Waals surface area (Å²) in [7, 11) is 1.59. The minimum Gasteiger partial charge on any atom is -0.493 e. The molecule has 0 aliphatic carbocycles. The van der Waals surface area contributed by atoms with Gasteiger partial charge in [0.05, 0.1) is 19.6 Å². The average Bonchev–Trinajstić information content (AvgIpc) is 3.16. The van der Waals surface area contributed by atoms with E-state index in [2.05, 4.69) is 10.3 Å². The van der Waals surface area contributed by atoms with Gasteiger partial charge in [-0.3, -0.25) is 4.79 Å². The van der Waals surface area contributed by atoms with E-state index < -0.39 is 0 Å². The highest BCUT2D eigenvalue weighted by Gasteiger charge is 2.23. The molecule has 0 unspecified atom stereocenters. The van der Waals surface area contributed by atoms with Gasteiger partial charge in [0.1, 0.15) is 0 Å². The van der Waals surface area contributed by atoms with Crippen LogP contribution >= 0.6 is 0 Å². The number of benzene rings is 1. The van der Waals surface area contributed by atoms with E-state index in [4.69, 9.17) is 14.2 Å². The Labute approximate surface area is 140 Å². The highest BCUT2D eigenvalue weighted by atomic mass is 16.5. The fourth-order valence-corrected chi connectivity index (χ4v) is 2.53. The number of amides is 1. The van der Waals surface area contributed by atoms with Gasteiger partial charge in [0.15, 0.2) is 11.5 Å². The van der Waals surface area contributed by atoms with Crippen molar-refractivity contribution >= 4 is 5.91 Å². The third-order valence-corrected chi connectivity index (χ3v) is 3.88. The maximum absolute atomic E-state index is 12.1. The van der Waals surface area contributed by atoms with Crippen LogP contribution in [0.25, 0.3) is 0 Å². The van der Waals surface area contributed by atoms with E-state index in [1.807, 2.05) is 36.4 Å². The molecule has 24 heavy (non-hydrogen) atoms. The molecule has 3 rings (SSSR count). The predicted molar refractivity (Wildman–Crippen MR) is 88.1 cm³/mol. The van der Waals surface area contributed by atoms with Gasteiger partial charge >= 0.3 is 0 Å². The Balaban J connectivity index is 1.69. The molecule has 1 aliphatic heterocycles. The Kier molecular flexibility index (Phi) is 5.28. The van der Waals surface area contributed by atoms with Crippen LogP contribution in [0.3, 0.4) is 0 Å². The molecule has 0 saturated carbocycles. The van der Waals surface area contributed by atoms with Gasteiger partial charge in [-0.05, 0) is 24.6 Å². The van der Waals surface area contributed by atoms with Crippen LogP contribution in [-0.2, 0) is 16.1 Å². The number of nitrogens with one attached hydrogen (secondary N) is 1. The molecule has 1 saturated heterocycles. The molecule has 2 heterocycles. The molecule has 1 aromatic carbocycles. The van der Waals surface area contributed by atoms with Crippen LogP contribution in [0.15, 0.2) is 42.6 Å². The van der Waals surface area contributed by atoms with Gasteiger partial charge in [0.2, 0.25) is 11.8 Å². The molecule has 1 N–H and O–H groups in total. The maximum atomic E-state index is 12.1. The minimum absolute atomic E-state index is 0.000375. The molecule has 1 fully saturated rings. The molecule has 6 nitrogen and oxygen atoms in total. The van der Waals surface area contributed by atoms with Crippen molar-refractivity contribution in [2.45, 2.75) is 13.0 Å². The van der Waals surface area contributed by atoms with Crippen molar-refractivity contribution in [3.8, 4) is 17.4 Å². The summed E-state index contributed by atoms with van der Waals surface area (Å²) in [4.78, 5) is 16.4. The number of pyridine rings is 1. The van der Waals surface area contributed by atoms with Crippen LogP contribution in [0, 0.1) is 5.92 Å². The van der Waals surface area contributed by atoms with E-state index in [1.54, 1.807) is 13.3 Å². The lowest BCUT2D eigenvalue weighted by atomic mass is 10.1. The van der Waals surface area contributed by atoms with Crippen molar-refractivity contribution in [2.75, 3.05) is 20.3 Å². The summed E-state index contributed by atoms with van der Waals surface area (Å²) in [6, 6.07) is 11.1. The zero-order valence-electron chi connectivity index (χ0n) is 13.5. The third kappa shape index (κ3) is 3.83. The number of carbonyl (C=O) groups excluding carboxylic acids is 1. The molecule has 1 amide bonds. The highest BCUT2D eigenvalue weighted by molar-refractivity contribution is 5.79. The molecule has 6 heteroatoms. The molecule has 0 spiro atoms. The third-order valence-electron chi connectivity index (χ3n) is 3.88. The van der Waals surface area contributed by atoms with Crippen LogP contribution in [0.5, 0.6) is 17.4 Å². The number of hydrogen-bond donors (Lipinski definition) is 1. The average molecular weight is 328 g/mol. The van der Waals surface area contributed by atoms with E-state index in [0.29, 0.717) is 37.1 Å². The summed E-state index contributed by atoms with van der Waals surface area (Å²) in [6.07, 6.45) is 2.42. The monoisotopic (exact) mass is 328 g/mol. The van der Waals surface area contributed by atoms with Gasteiger partial charge in [-0.2, -0.15) is 0 Å². The summed E-state index contributed by atoms with van der Waals surface area (Å²) in [5, 5.41) is 2.93. The van der Waals surface area contributed by atoms with Crippen LogP contribution in [-0.4, -0.2) is 31.2 Å². The Bertz CT molecular complexity index is 699. The molecular formula is C18H20N2O4. The Hall–Kier alpha value is -2.60. The van der Waals surface area contributed by atoms with Crippen molar-refractivity contribution < 1.29 is 19.0 Å². The van der Waals surface area contributed by atoms with Gasteiger partial charge in [0, 0.05) is 24.9 Å². The van der Waals surface area contributed by atoms with Crippen LogP contribution in [0.4, 0.5) is 0 Å². The Morgan fingerprint density at radius 1 is 1.29 bits per heavy atom. The van der Waals surface area contributed by atoms with Crippen LogP contribution in [0.2, 0.25) is 0 Å². The fourth-order valence-electron chi connectivity index (χ4n) is 2.53. The summed E-state index contributed by atoms with van der Waals surface area (Å²) >= 11 is 0. The van der Waals surface area contributed by atoms with Crippen molar-refractivity contribution in [1.29, 1.82) is 0 Å². The second-order valence-corrected chi connectivity index (χ2v) is 5.50. The molecule has 0 bridgehead atoms. The van der Waals surface area contributed by atoms with Gasteiger partial charge < -0.3 is 19.5 Å². The van der Waals surface area contributed by atoms with E-state index in [0.717, 1.165) is 12.0 Å². The number of carbonyl (C=O) groups is 1. The van der Waals surface area contributed by atoms with Gasteiger partial charge in [-0.15, -0.1) is 0 Å². The van der Waals surface area contributed by atoms with Gasteiger partial charge in [-0.1, -0.05) is 18.2 Å². The van der Waals surface area contributed by atoms with E-state index in [-0.39, 0.29) is 11.8 Å². The number of rotatable bonds is 6. The molecule has 1 aromatic heterocycles. The summed E-state index contributed by atoms with van der Waals surface area (Å²) < 4.78 is 16.4. The summed E-state index contributed by atoms with van der Waals surface area (Å²) in [5.74, 6) is 1.58. The first-order valence-electron chi connectivity index (χ1n) is 7.88. The zero-order valence-corrected chi connectivity index (χ0v) is 13.5. The SMILES string of the molecule is COc1ccccc1Oc1ncccc1CNC(=O)[C@@H]1CCOC1. The molecule has 0 radical (unpaired) electrons. The van der Waals surface area contributed by atoms with Crippen molar-refractivity contribution in [2.24, 2.45) is 5.92 Å². The second kappa shape index (κ2) is 7.79. The first-order chi connectivity index (χ1) is 11.8. The summed E-state index contributed by atoms with van der Waals surface area (Å²) in [5.41, 5.74) is 0.802. The van der Waals surface area contributed by atoms with Crippen LogP contribution in [0.1, 0.15) is 12.0 Å². The molecular weight excluding hydrogens is 308 g/mol. The number of ether oxygens (including phenoxy) is 3. The van der Waals surface area contributed by atoms with Crippen molar-refractivity contribution in [3.05, 3.63) is 48.2 Å². The smallest absolute Gasteiger partial charge is 0.225 e. The molecule has 126 valence electrons. The number of para-hydroxylation sites is 2. The molecule has 1 atom stereocenters. The topological polar surface area (TPSA) is 69.7 Å². The Morgan fingerprint density at radius 2 is 2.12 bits per heavy atom. The summed E-state index contributed by atoms with van der Waals surface area (Å²) in [6.45, 7) is 1.49.